The number of amides is 1. The van der Waals surface area contributed by atoms with Crippen molar-refractivity contribution in [2.75, 3.05) is 13.1 Å². The molecule has 2 N–H and O–H groups in total. The summed E-state index contributed by atoms with van der Waals surface area (Å²) in [5.41, 5.74) is 2.26. The van der Waals surface area contributed by atoms with Gasteiger partial charge < -0.3 is 10.0 Å². The van der Waals surface area contributed by atoms with Crippen LogP contribution in [0.4, 0.5) is 4.79 Å². The molecular weight excluding hydrogens is 322 g/mol. The molecule has 5 nitrogen and oxygen atoms in total. The number of nitrogens with zero attached hydrogens (tertiary/aromatic N) is 2. The Bertz CT molecular complexity index is 875. The predicted molar refractivity (Wildman–Crippen MR) is 93.6 cm³/mol. The Morgan fingerprint density at radius 1 is 1.21 bits per heavy atom. The third-order valence-corrected chi connectivity index (χ3v) is 5.46. The predicted octanol–water partition coefficient (Wildman–Crippen LogP) is 4.18. The molecule has 2 heterocycles. The van der Waals surface area contributed by atoms with Gasteiger partial charge in [0.15, 0.2) is 0 Å². The number of aromatic amines is 1. The zero-order valence-corrected chi connectivity index (χ0v) is 13.8. The fourth-order valence-corrected chi connectivity index (χ4v) is 4.00. The second kappa shape index (κ2) is 6.20. The number of H-pyrrole nitrogens is 1. The fourth-order valence-electron chi connectivity index (χ4n) is 3.13. The molecule has 0 unspecified atom stereocenters. The maximum Gasteiger partial charge on any atom is 0.407 e. The van der Waals surface area contributed by atoms with Gasteiger partial charge in [-0.25, -0.2) is 4.79 Å². The third-order valence-electron chi connectivity index (χ3n) is 4.46. The van der Waals surface area contributed by atoms with Crippen molar-refractivity contribution in [1.82, 2.24) is 15.1 Å². The average molecular weight is 339 g/mol. The maximum atomic E-state index is 11.0. The van der Waals surface area contributed by atoms with Crippen molar-refractivity contribution >= 4 is 28.8 Å². The molecule has 0 spiro atoms. The second-order valence-electron chi connectivity index (χ2n) is 6.00. The summed E-state index contributed by atoms with van der Waals surface area (Å²) in [7, 11) is 0. The van der Waals surface area contributed by atoms with E-state index < -0.39 is 6.09 Å². The van der Waals surface area contributed by atoms with E-state index in [1.54, 1.807) is 11.8 Å². The van der Waals surface area contributed by atoms with Gasteiger partial charge >= 0.3 is 6.09 Å². The van der Waals surface area contributed by atoms with Crippen LogP contribution in [0.1, 0.15) is 17.9 Å². The molecule has 4 rings (SSSR count). The van der Waals surface area contributed by atoms with Crippen molar-refractivity contribution in [1.29, 1.82) is 0 Å². The van der Waals surface area contributed by atoms with Crippen LogP contribution in [0.3, 0.4) is 0 Å². The van der Waals surface area contributed by atoms with Gasteiger partial charge in [0.2, 0.25) is 0 Å². The molecule has 0 radical (unpaired) electrons. The van der Waals surface area contributed by atoms with E-state index in [1.807, 2.05) is 12.3 Å². The highest BCUT2D eigenvalue weighted by Crippen LogP contribution is 2.32. The molecule has 24 heavy (non-hydrogen) atoms. The monoisotopic (exact) mass is 339 g/mol. The van der Waals surface area contributed by atoms with Crippen molar-refractivity contribution < 1.29 is 9.90 Å². The Balaban J connectivity index is 1.46. The van der Waals surface area contributed by atoms with Crippen LogP contribution in [-0.2, 0) is 0 Å². The number of hydrogen-bond donors (Lipinski definition) is 2. The topological polar surface area (TPSA) is 69.2 Å². The van der Waals surface area contributed by atoms with Crippen LogP contribution >= 0.6 is 11.8 Å². The van der Waals surface area contributed by atoms with Crippen molar-refractivity contribution in [3.8, 4) is 0 Å². The van der Waals surface area contributed by atoms with Crippen molar-refractivity contribution in [2.45, 2.75) is 22.1 Å². The molecule has 0 bridgehead atoms. The first kappa shape index (κ1) is 15.1. The molecule has 122 valence electrons. The number of likely N-dealkylation sites (tertiary alicyclic amines) is 1. The summed E-state index contributed by atoms with van der Waals surface area (Å²) < 4.78 is 0. The summed E-state index contributed by atoms with van der Waals surface area (Å²) in [5.74, 6) is 0.308. The Morgan fingerprint density at radius 2 is 2.00 bits per heavy atom. The lowest BCUT2D eigenvalue weighted by atomic mass is 9.99. The molecule has 6 heteroatoms. The lowest BCUT2D eigenvalue weighted by Gasteiger charge is -2.13. The first-order chi connectivity index (χ1) is 11.7. The first-order valence-corrected chi connectivity index (χ1v) is 8.69. The van der Waals surface area contributed by atoms with Gasteiger partial charge in [-0.05, 0) is 42.3 Å². The minimum absolute atomic E-state index is 0.308. The number of fused-ring (bicyclic) bond motifs is 1. The Kier molecular flexibility index (Phi) is 3.90. The molecule has 3 aromatic rings. The summed E-state index contributed by atoms with van der Waals surface area (Å²) >= 11 is 1.72. The van der Waals surface area contributed by atoms with Gasteiger partial charge in [0, 0.05) is 34.2 Å². The van der Waals surface area contributed by atoms with E-state index in [2.05, 4.69) is 46.6 Å². The maximum absolute atomic E-state index is 11.0. The highest BCUT2D eigenvalue weighted by atomic mass is 32.2. The summed E-state index contributed by atoms with van der Waals surface area (Å²) in [4.78, 5) is 14.9. The van der Waals surface area contributed by atoms with Crippen molar-refractivity contribution in [3.05, 3.63) is 54.2 Å². The van der Waals surface area contributed by atoms with E-state index in [-0.39, 0.29) is 0 Å². The number of hydrogen-bond acceptors (Lipinski definition) is 3. The van der Waals surface area contributed by atoms with E-state index >= 15 is 0 Å². The molecule has 1 aromatic heterocycles. The van der Waals surface area contributed by atoms with Crippen molar-refractivity contribution in [3.63, 3.8) is 0 Å². The molecule has 1 atom stereocenters. The lowest BCUT2D eigenvalue weighted by molar-refractivity contribution is 0.155. The van der Waals surface area contributed by atoms with Crippen LogP contribution < -0.4 is 0 Å². The summed E-state index contributed by atoms with van der Waals surface area (Å²) in [5, 5.41) is 17.2. The number of aromatic nitrogens is 2. The number of carboxylic acid groups (broad SMARTS) is 1. The van der Waals surface area contributed by atoms with Crippen LogP contribution in [0.15, 0.2) is 58.5 Å². The van der Waals surface area contributed by atoms with Crippen LogP contribution in [0.25, 0.3) is 10.9 Å². The zero-order chi connectivity index (χ0) is 16.5. The average Bonchev–Trinajstić information content (AvgIpc) is 3.24. The Labute approximate surface area is 143 Å². The highest BCUT2D eigenvalue weighted by Gasteiger charge is 2.26. The molecule has 1 aliphatic rings. The van der Waals surface area contributed by atoms with Crippen LogP contribution in [-0.4, -0.2) is 39.4 Å². The van der Waals surface area contributed by atoms with Gasteiger partial charge in [-0.1, -0.05) is 23.9 Å². The van der Waals surface area contributed by atoms with Gasteiger partial charge in [-0.2, -0.15) is 5.10 Å². The number of benzene rings is 2. The molecule has 1 fully saturated rings. The Hall–Kier alpha value is -2.47. The molecule has 0 saturated carbocycles. The lowest BCUT2D eigenvalue weighted by Crippen LogP contribution is -2.26. The van der Waals surface area contributed by atoms with Crippen molar-refractivity contribution in [2.24, 2.45) is 0 Å². The quantitative estimate of drug-likeness (QED) is 0.751. The highest BCUT2D eigenvalue weighted by molar-refractivity contribution is 7.99. The van der Waals surface area contributed by atoms with E-state index in [4.69, 9.17) is 5.11 Å². The SMILES string of the molecule is O=C(O)N1CC[C@@H](c2ccc(Sc3ccc4[nH]ncc4c3)cc2)C1. The van der Waals surface area contributed by atoms with E-state index in [0.717, 1.165) is 17.3 Å². The summed E-state index contributed by atoms with van der Waals surface area (Å²) in [6, 6.07) is 14.7. The summed E-state index contributed by atoms with van der Waals surface area (Å²) in [6.07, 6.45) is 1.91. The Morgan fingerprint density at radius 3 is 2.75 bits per heavy atom. The van der Waals surface area contributed by atoms with E-state index in [1.165, 1.54) is 20.3 Å². The van der Waals surface area contributed by atoms with Crippen LogP contribution in [0.2, 0.25) is 0 Å². The standard InChI is InChI=1S/C18H17N3O2S/c22-18(23)21-8-7-13(11-21)12-1-3-15(4-2-12)24-16-5-6-17-14(9-16)10-19-20-17/h1-6,9-10,13H,7-8,11H2,(H,19,20)(H,22,23)/t13-/m1/s1. The molecule has 1 amide bonds. The largest absolute Gasteiger partial charge is 0.465 e. The van der Waals surface area contributed by atoms with Crippen LogP contribution in [0.5, 0.6) is 0 Å². The molecule has 0 aliphatic carbocycles. The van der Waals surface area contributed by atoms with E-state index in [0.29, 0.717) is 19.0 Å². The van der Waals surface area contributed by atoms with Gasteiger partial charge in [0.1, 0.15) is 0 Å². The fraction of sp³-hybridized carbons (Fsp3) is 0.222. The van der Waals surface area contributed by atoms with Crippen LogP contribution in [0, 0.1) is 0 Å². The van der Waals surface area contributed by atoms with Gasteiger partial charge in [0.05, 0.1) is 11.7 Å². The molecule has 1 aliphatic heterocycles. The smallest absolute Gasteiger partial charge is 0.407 e. The zero-order valence-electron chi connectivity index (χ0n) is 13.0. The number of rotatable bonds is 3. The molecule has 2 aromatic carbocycles. The molecule has 1 saturated heterocycles. The number of nitrogens with one attached hydrogen (secondary N) is 1. The van der Waals surface area contributed by atoms with Gasteiger partial charge in [-0.15, -0.1) is 0 Å². The number of carbonyl (C=O) groups is 1. The van der Waals surface area contributed by atoms with Gasteiger partial charge in [-0.3, -0.25) is 5.10 Å². The minimum atomic E-state index is -0.820. The first-order valence-electron chi connectivity index (χ1n) is 7.88. The normalized spacial score (nSPS) is 17.5. The third kappa shape index (κ3) is 2.97. The summed E-state index contributed by atoms with van der Waals surface area (Å²) in [6.45, 7) is 1.22. The minimum Gasteiger partial charge on any atom is -0.465 e. The second-order valence-corrected chi connectivity index (χ2v) is 7.15. The van der Waals surface area contributed by atoms with E-state index in [9.17, 15) is 4.79 Å². The van der Waals surface area contributed by atoms with Gasteiger partial charge in [0.25, 0.3) is 0 Å². The molecular formula is C18H17N3O2S.